The molecule has 2 rings (SSSR count). The van der Waals surface area contributed by atoms with Gasteiger partial charge in [0, 0.05) is 18.8 Å². The molecule has 1 heterocycles. The van der Waals surface area contributed by atoms with E-state index in [0.717, 1.165) is 5.69 Å². The summed E-state index contributed by atoms with van der Waals surface area (Å²) in [5.41, 5.74) is 2.22. The van der Waals surface area contributed by atoms with Gasteiger partial charge in [-0.25, -0.2) is 0 Å². The molecule has 2 aromatic rings. The third kappa shape index (κ3) is 1.98. The number of anilines is 2. The molecule has 1 aromatic heterocycles. The molecular formula is C13H13NO2. The summed E-state index contributed by atoms with van der Waals surface area (Å²) in [6, 6.07) is 11.5. The van der Waals surface area contributed by atoms with Gasteiger partial charge in [-0.3, -0.25) is 4.79 Å². The highest BCUT2D eigenvalue weighted by molar-refractivity contribution is 5.72. The molecule has 0 atom stereocenters. The van der Waals surface area contributed by atoms with Gasteiger partial charge in [-0.2, -0.15) is 0 Å². The molecule has 3 heteroatoms. The lowest BCUT2D eigenvalue weighted by Crippen LogP contribution is -2.08. The first-order valence-corrected chi connectivity index (χ1v) is 5.06. The van der Waals surface area contributed by atoms with Crippen LogP contribution in [-0.4, -0.2) is 13.3 Å². The van der Waals surface area contributed by atoms with Crippen LogP contribution in [0.2, 0.25) is 0 Å². The van der Waals surface area contributed by atoms with Gasteiger partial charge in [-0.15, -0.1) is 0 Å². The first-order chi connectivity index (χ1) is 7.70. The maximum Gasteiger partial charge on any atom is 0.200 e. The van der Waals surface area contributed by atoms with Gasteiger partial charge in [0.2, 0.25) is 0 Å². The summed E-state index contributed by atoms with van der Waals surface area (Å²) in [6.07, 6.45) is 0.702. The highest BCUT2D eigenvalue weighted by Gasteiger charge is 2.08. The van der Waals surface area contributed by atoms with Gasteiger partial charge in [0.15, 0.2) is 17.9 Å². The lowest BCUT2D eigenvalue weighted by Gasteiger charge is -2.16. The third-order valence-corrected chi connectivity index (χ3v) is 2.45. The topological polar surface area (TPSA) is 33.5 Å². The van der Waals surface area contributed by atoms with Crippen molar-refractivity contribution in [3.8, 4) is 0 Å². The molecule has 1 aromatic carbocycles. The molecule has 0 N–H and O–H groups in total. The summed E-state index contributed by atoms with van der Waals surface area (Å²) < 4.78 is 5.35. The van der Waals surface area contributed by atoms with Gasteiger partial charge in [0.25, 0.3) is 0 Å². The number of aryl methyl sites for hydroxylation is 1. The molecule has 82 valence electrons. The summed E-state index contributed by atoms with van der Waals surface area (Å²) in [5, 5.41) is 0. The Labute approximate surface area is 94.3 Å². The summed E-state index contributed by atoms with van der Waals surface area (Å²) in [5.74, 6) is 1.00. The second-order valence-electron chi connectivity index (χ2n) is 3.69. The van der Waals surface area contributed by atoms with E-state index in [9.17, 15) is 4.79 Å². The van der Waals surface area contributed by atoms with Crippen LogP contribution >= 0.6 is 0 Å². The van der Waals surface area contributed by atoms with Crippen molar-refractivity contribution in [2.45, 2.75) is 6.92 Å². The van der Waals surface area contributed by atoms with Gasteiger partial charge in [-0.1, -0.05) is 12.1 Å². The highest BCUT2D eigenvalue weighted by Crippen LogP contribution is 2.25. The van der Waals surface area contributed by atoms with Gasteiger partial charge in [0.1, 0.15) is 0 Å². The molecule has 0 aliphatic carbocycles. The number of hydrogen-bond acceptors (Lipinski definition) is 3. The average Bonchev–Trinajstić information content (AvgIpc) is 2.76. The van der Waals surface area contributed by atoms with Crippen LogP contribution in [0.4, 0.5) is 11.6 Å². The number of carbonyl (C=O) groups is 1. The van der Waals surface area contributed by atoms with Gasteiger partial charge >= 0.3 is 0 Å². The Morgan fingerprint density at radius 3 is 2.69 bits per heavy atom. The summed E-state index contributed by atoms with van der Waals surface area (Å²) >= 11 is 0. The Kier molecular flexibility index (Phi) is 2.77. The Morgan fingerprint density at radius 2 is 2.06 bits per heavy atom. The molecular weight excluding hydrogens is 202 g/mol. The number of benzene rings is 1. The van der Waals surface area contributed by atoms with Crippen LogP contribution in [0.5, 0.6) is 0 Å². The minimum atomic E-state index is 0.342. The second-order valence-corrected chi connectivity index (χ2v) is 3.69. The highest BCUT2D eigenvalue weighted by atomic mass is 16.4. The van der Waals surface area contributed by atoms with Crippen molar-refractivity contribution in [1.29, 1.82) is 0 Å². The lowest BCUT2D eigenvalue weighted by molar-refractivity contribution is 0.110. The van der Waals surface area contributed by atoms with Crippen LogP contribution in [0.15, 0.2) is 40.8 Å². The van der Waals surface area contributed by atoms with Crippen molar-refractivity contribution in [1.82, 2.24) is 0 Å². The first kappa shape index (κ1) is 10.5. The van der Waals surface area contributed by atoms with Crippen molar-refractivity contribution in [2.75, 3.05) is 11.9 Å². The Bertz CT molecular complexity index is 502. The second kappa shape index (κ2) is 4.23. The van der Waals surface area contributed by atoms with Gasteiger partial charge < -0.3 is 9.32 Å². The number of carbonyl (C=O) groups excluding carboxylic acids is 1. The van der Waals surface area contributed by atoms with Crippen LogP contribution in [0.1, 0.15) is 16.1 Å². The molecule has 0 amide bonds. The fourth-order valence-corrected chi connectivity index (χ4v) is 1.55. The fourth-order valence-electron chi connectivity index (χ4n) is 1.55. The van der Waals surface area contributed by atoms with Crippen LogP contribution < -0.4 is 4.90 Å². The smallest absolute Gasteiger partial charge is 0.200 e. The lowest BCUT2D eigenvalue weighted by atomic mass is 10.2. The van der Waals surface area contributed by atoms with E-state index in [0.29, 0.717) is 17.9 Å². The van der Waals surface area contributed by atoms with E-state index in [1.807, 2.05) is 37.1 Å². The normalized spacial score (nSPS) is 10.1. The van der Waals surface area contributed by atoms with E-state index < -0.39 is 0 Å². The number of hydrogen-bond donors (Lipinski definition) is 0. The largest absolute Gasteiger partial charge is 0.437 e. The van der Waals surface area contributed by atoms with Crippen molar-refractivity contribution in [3.05, 3.63) is 47.7 Å². The molecule has 0 bridgehead atoms. The van der Waals surface area contributed by atoms with E-state index in [-0.39, 0.29) is 0 Å². The number of nitrogens with zero attached hydrogens (tertiary/aromatic N) is 1. The van der Waals surface area contributed by atoms with Crippen molar-refractivity contribution in [2.24, 2.45) is 0 Å². The molecule has 3 nitrogen and oxygen atoms in total. The minimum Gasteiger partial charge on any atom is -0.437 e. The molecule has 0 saturated carbocycles. The summed E-state index contributed by atoms with van der Waals surface area (Å²) in [7, 11) is 1.90. The van der Waals surface area contributed by atoms with E-state index >= 15 is 0 Å². The molecule has 16 heavy (non-hydrogen) atoms. The molecule has 0 unspecified atom stereocenters. The first-order valence-electron chi connectivity index (χ1n) is 5.06. The van der Waals surface area contributed by atoms with E-state index in [1.54, 1.807) is 12.1 Å². The maximum absolute atomic E-state index is 10.5. The molecule has 0 aliphatic rings. The maximum atomic E-state index is 10.5. The summed E-state index contributed by atoms with van der Waals surface area (Å²) in [4.78, 5) is 12.4. The standard InChI is InChI=1S/C13H13NO2/c1-10-4-3-5-11(8-10)14(2)13-7-6-12(9-15)16-13/h3-9H,1-2H3. The third-order valence-electron chi connectivity index (χ3n) is 2.45. The summed E-state index contributed by atoms with van der Waals surface area (Å²) in [6.45, 7) is 2.04. The fraction of sp³-hybridized carbons (Fsp3) is 0.154. The zero-order valence-corrected chi connectivity index (χ0v) is 9.31. The molecule has 0 spiro atoms. The Morgan fingerprint density at radius 1 is 1.25 bits per heavy atom. The van der Waals surface area contributed by atoms with Crippen LogP contribution in [-0.2, 0) is 0 Å². The van der Waals surface area contributed by atoms with Gasteiger partial charge in [-0.05, 0) is 30.7 Å². The SMILES string of the molecule is Cc1cccc(N(C)c2ccc(C=O)o2)c1. The number of aldehydes is 1. The molecule has 0 radical (unpaired) electrons. The quantitative estimate of drug-likeness (QED) is 0.737. The van der Waals surface area contributed by atoms with Gasteiger partial charge in [0.05, 0.1) is 0 Å². The average molecular weight is 215 g/mol. The molecule has 0 aliphatic heterocycles. The number of furan rings is 1. The van der Waals surface area contributed by atoms with E-state index in [2.05, 4.69) is 6.07 Å². The van der Waals surface area contributed by atoms with Crippen LogP contribution in [0.25, 0.3) is 0 Å². The van der Waals surface area contributed by atoms with Crippen LogP contribution in [0, 0.1) is 6.92 Å². The van der Waals surface area contributed by atoms with Crippen molar-refractivity contribution in [3.63, 3.8) is 0 Å². The minimum absolute atomic E-state index is 0.342. The van der Waals surface area contributed by atoms with Crippen molar-refractivity contribution >= 4 is 17.9 Å². The van der Waals surface area contributed by atoms with Crippen LogP contribution in [0.3, 0.4) is 0 Å². The molecule has 0 fully saturated rings. The zero-order valence-electron chi connectivity index (χ0n) is 9.31. The monoisotopic (exact) mass is 215 g/mol. The Hall–Kier alpha value is -2.03. The predicted molar refractivity (Wildman–Crippen MR) is 63.3 cm³/mol. The predicted octanol–water partition coefficient (Wildman–Crippen LogP) is 3.17. The molecule has 0 saturated heterocycles. The van der Waals surface area contributed by atoms with Crippen molar-refractivity contribution < 1.29 is 9.21 Å². The van der Waals surface area contributed by atoms with E-state index in [4.69, 9.17) is 4.42 Å². The number of rotatable bonds is 3. The Balaban J connectivity index is 2.31. The zero-order chi connectivity index (χ0) is 11.5. The van der Waals surface area contributed by atoms with E-state index in [1.165, 1.54) is 5.56 Å².